The Balaban J connectivity index is 1.17. The number of halogens is 1. The van der Waals surface area contributed by atoms with E-state index in [-0.39, 0.29) is 29.6 Å². The number of amides is 2. The summed E-state index contributed by atoms with van der Waals surface area (Å²) < 4.78 is 20.2. The molecule has 0 saturated heterocycles. The predicted molar refractivity (Wildman–Crippen MR) is 132 cm³/mol. The summed E-state index contributed by atoms with van der Waals surface area (Å²) in [6, 6.07) is 4.79. The second-order valence-electron chi connectivity index (χ2n) is 10.3. The van der Waals surface area contributed by atoms with Gasteiger partial charge < -0.3 is 20.4 Å². The van der Waals surface area contributed by atoms with Gasteiger partial charge in [0.05, 0.1) is 17.7 Å². The van der Waals surface area contributed by atoms with Gasteiger partial charge >= 0.3 is 0 Å². The van der Waals surface area contributed by atoms with Crippen LogP contribution in [0.15, 0.2) is 30.7 Å². The molecule has 2 aromatic heterocycles. The second-order valence-corrected chi connectivity index (χ2v) is 10.3. The van der Waals surface area contributed by atoms with Crippen LogP contribution >= 0.6 is 0 Å². The van der Waals surface area contributed by atoms with Crippen LogP contribution in [0.4, 0.5) is 4.39 Å². The summed E-state index contributed by atoms with van der Waals surface area (Å²) >= 11 is 0. The molecule has 1 aromatic carbocycles. The van der Waals surface area contributed by atoms with Crippen LogP contribution in [0.2, 0.25) is 0 Å². The minimum Gasteiger partial charge on any atom is -0.493 e. The Labute approximate surface area is 208 Å². The number of nitrogens with one attached hydrogen (secondary N) is 3. The van der Waals surface area contributed by atoms with Crippen LogP contribution in [0.1, 0.15) is 61.7 Å². The Morgan fingerprint density at radius 2 is 1.75 bits per heavy atom. The first-order valence-corrected chi connectivity index (χ1v) is 12.9. The lowest BCUT2D eigenvalue weighted by Crippen LogP contribution is -2.41. The largest absolute Gasteiger partial charge is 0.493 e. The van der Waals surface area contributed by atoms with Crippen molar-refractivity contribution in [3.8, 4) is 17.0 Å². The molecule has 2 heterocycles. The van der Waals surface area contributed by atoms with Crippen molar-refractivity contribution in [2.75, 3.05) is 6.61 Å². The van der Waals surface area contributed by atoms with E-state index in [1.807, 2.05) is 0 Å². The zero-order valence-electron chi connectivity index (χ0n) is 20.1. The molecule has 3 saturated carbocycles. The number of carbonyl (C=O) groups excluding carboxylic acids is 2. The van der Waals surface area contributed by atoms with Crippen LogP contribution in [-0.4, -0.2) is 45.5 Å². The topological polar surface area (TPSA) is 109 Å². The average molecular weight is 492 g/mol. The molecule has 0 spiro atoms. The van der Waals surface area contributed by atoms with Crippen LogP contribution < -0.4 is 15.4 Å². The molecule has 0 unspecified atom stereocenters. The lowest BCUT2D eigenvalue weighted by atomic mass is 9.85. The SMILES string of the molecule is O=C(N[C@H]1CC[C@H](C(=O)NC2CC2)CC1)c1c[nH]c2c(-c3cc(F)ccc3OCC3CC3)ncnc12. The molecule has 36 heavy (non-hydrogen) atoms. The number of benzene rings is 1. The molecule has 2 amide bonds. The number of rotatable bonds is 8. The summed E-state index contributed by atoms with van der Waals surface area (Å²) in [6.45, 7) is 0.593. The third kappa shape index (κ3) is 4.92. The number of H-pyrrole nitrogens is 1. The monoisotopic (exact) mass is 491 g/mol. The van der Waals surface area contributed by atoms with Gasteiger partial charge in [-0.25, -0.2) is 14.4 Å². The third-order valence-electron chi connectivity index (χ3n) is 7.43. The van der Waals surface area contributed by atoms with Gasteiger partial charge in [0, 0.05) is 29.8 Å². The molecular formula is C27H30FN5O3. The van der Waals surface area contributed by atoms with Gasteiger partial charge in [-0.3, -0.25) is 9.59 Å². The number of aromatic amines is 1. The Kier molecular flexibility index (Phi) is 6.07. The minimum atomic E-state index is -0.388. The highest BCUT2D eigenvalue weighted by Crippen LogP contribution is 2.36. The van der Waals surface area contributed by atoms with Gasteiger partial charge in [-0.2, -0.15) is 0 Å². The van der Waals surface area contributed by atoms with Gasteiger partial charge in [0.1, 0.15) is 29.1 Å². The number of carbonyl (C=O) groups is 2. The van der Waals surface area contributed by atoms with Gasteiger partial charge in [-0.1, -0.05) is 0 Å². The minimum absolute atomic E-state index is 0.0133. The summed E-state index contributed by atoms with van der Waals surface area (Å²) in [7, 11) is 0. The molecule has 3 aromatic rings. The molecule has 9 heteroatoms. The molecule has 3 fully saturated rings. The molecule has 188 valence electrons. The van der Waals surface area contributed by atoms with Crippen molar-refractivity contribution < 1.29 is 18.7 Å². The maximum Gasteiger partial charge on any atom is 0.255 e. The fourth-order valence-corrected chi connectivity index (χ4v) is 4.93. The average Bonchev–Trinajstić information content (AvgIpc) is 3.82. The first-order valence-electron chi connectivity index (χ1n) is 12.9. The molecule has 0 atom stereocenters. The molecule has 3 aliphatic rings. The molecular weight excluding hydrogens is 461 g/mol. The van der Waals surface area contributed by atoms with Gasteiger partial charge in [0.15, 0.2) is 0 Å². The van der Waals surface area contributed by atoms with Crippen LogP contribution in [0.25, 0.3) is 22.3 Å². The first kappa shape index (κ1) is 22.9. The van der Waals surface area contributed by atoms with Crippen molar-refractivity contribution >= 4 is 22.8 Å². The van der Waals surface area contributed by atoms with E-state index in [1.165, 1.54) is 18.5 Å². The number of ether oxygens (including phenoxy) is 1. The van der Waals surface area contributed by atoms with Gasteiger partial charge in [-0.15, -0.1) is 0 Å². The standard InChI is InChI=1S/C27H30FN5O3/c28-17-5-10-22(36-13-15-1-2-15)20(11-17)23-25-24(31-14-30-23)21(12-29-25)27(35)33-18-6-3-16(4-7-18)26(34)32-19-8-9-19/h5,10-12,14-16,18-19,29H,1-4,6-9,13H2,(H,32,34)(H,33,35)/t16-,18-. The molecule has 8 nitrogen and oxygen atoms in total. The molecule has 0 bridgehead atoms. The zero-order valence-corrected chi connectivity index (χ0v) is 20.1. The summed E-state index contributed by atoms with van der Waals surface area (Å²) in [4.78, 5) is 37.4. The van der Waals surface area contributed by atoms with Crippen LogP contribution in [0.3, 0.4) is 0 Å². The molecule has 6 rings (SSSR count). The number of nitrogens with zero attached hydrogens (tertiary/aromatic N) is 2. The highest BCUT2D eigenvalue weighted by atomic mass is 19.1. The Hall–Kier alpha value is -3.49. The van der Waals surface area contributed by atoms with Gasteiger partial charge in [0.2, 0.25) is 5.91 Å². The number of fused-ring (bicyclic) bond motifs is 1. The van der Waals surface area contributed by atoms with Gasteiger partial charge in [0.25, 0.3) is 5.91 Å². The van der Waals surface area contributed by atoms with E-state index >= 15 is 0 Å². The lowest BCUT2D eigenvalue weighted by molar-refractivity contribution is -0.126. The van der Waals surface area contributed by atoms with E-state index in [4.69, 9.17) is 4.74 Å². The number of hydrogen-bond acceptors (Lipinski definition) is 5. The Bertz CT molecular complexity index is 1290. The number of hydrogen-bond donors (Lipinski definition) is 3. The quantitative estimate of drug-likeness (QED) is 0.439. The normalized spacial score (nSPS) is 21.8. The van der Waals surface area contributed by atoms with Crippen molar-refractivity contribution in [3.63, 3.8) is 0 Å². The van der Waals surface area contributed by atoms with Crippen LogP contribution in [0.5, 0.6) is 5.75 Å². The maximum absolute atomic E-state index is 14.2. The summed E-state index contributed by atoms with van der Waals surface area (Å²) in [6.07, 6.45) is 10.6. The predicted octanol–water partition coefficient (Wildman–Crippen LogP) is 4.12. The second kappa shape index (κ2) is 9.52. The maximum atomic E-state index is 14.2. The first-order chi connectivity index (χ1) is 17.5. The Morgan fingerprint density at radius 3 is 2.50 bits per heavy atom. The lowest BCUT2D eigenvalue weighted by Gasteiger charge is -2.28. The van der Waals surface area contributed by atoms with E-state index in [0.717, 1.165) is 51.4 Å². The van der Waals surface area contributed by atoms with Crippen molar-refractivity contribution in [3.05, 3.63) is 42.1 Å². The van der Waals surface area contributed by atoms with Crippen LogP contribution in [-0.2, 0) is 4.79 Å². The molecule has 3 N–H and O–H groups in total. The third-order valence-corrected chi connectivity index (χ3v) is 7.43. The Morgan fingerprint density at radius 1 is 1.00 bits per heavy atom. The fourth-order valence-electron chi connectivity index (χ4n) is 4.93. The summed E-state index contributed by atoms with van der Waals surface area (Å²) in [5, 5.41) is 6.20. The van der Waals surface area contributed by atoms with Crippen molar-refractivity contribution in [1.29, 1.82) is 0 Å². The zero-order chi connectivity index (χ0) is 24.6. The highest BCUT2D eigenvalue weighted by Gasteiger charge is 2.31. The van der Waals surface area contributed by atoms with E-state index in [1.54, 1.807) is 12.3 Å². The van der Waals surface area contributed by atoms with Crippen molar-refractivity contribution in [2.24, 2.45) is 11.8 Å². The van der Waals surface area contributed by atoms with E-state index in [9.17, 15) is 14.0 Å². The highest BCUT2D eigenvalue weighted by molar-refractivity contribution is 6.08. The van der Waals surface area contributed by atoms with Crippen LogP contribution in [0, 0.1) is 17.7 Å². The smallest absolute Gasteiger partial charge is 0.255 e. The molecule has 3 aliphatic carbocycles. The van der Waals surface area contributed by atoms with E-state index < -0.39 is 0 Å². The van der Waals surface area contributed by atoms with E-state index in [0.29, 0.717) is 52.2 Å². The van der Waals surface area contributed by atoms with E-state index in [2.05, 4.69) is 25.6 Å². The summed E-state index contributed by atoms with van der Waals surface area (Å²) in [5.41, 5.74) is 2.47. The molecule has 0 aliphatic heterocycles. The number of aromatic nitrogens is 3. The molecule has 0 radical (unpaired) electrons. The van der Waals surface area contributed by atoms with Crippen molar-refractivity contribution in [1.82, 2.24) is 25.6 Å². The fraction of sp³-hybridized carbons (Fsp3) is 0.481. The van der Waals surface area contributed by atoms with Gasteiger partial charge in [-0.05, 0) is 75.5 Å². The summed E-state index contributed by atoms with van der Waals surface area (Å²) in [5.74, 6) is 0.691. The van der Waals surface area contributed by atoms with Crippen molar-refractivity contribution in [2.45, 2.75) is 63.5 Å².